The first-order valence-corrected chi connectivity index (χ1v) is 8.27. The molecule has 2 N–H and O–H groups in total. The van der Waals surface area contributed by atoms with Crippen LogP contribution in [0.25, 0.3) is 0 Å². The van der Waals surface area contributed by atoms with Gasteiger partial charge in [0.25, 0.3) is 5.91 Å². The van der Waals surface area contributed by atoms with E-state index in [2.05, 4.69) is 26.6 Å². The first-order chi connectivity index (χ1) is 11.5. The lowest BCUT2D eigenvalue weighted by molar-refractivity contribution is -0.116. The minimum Gasteiger partial charge on any atom is -0.497 e. The minimum atomic E-state index is -0.235. The van der Waals surface area contributed by atoms with Gasteiger partial charge in [-0.05, 0) is 48.9 Å². The Hall–Kier alpha value is -2.34. The number of aryl methyl sites for hydroxylation is 1. The molecule has 0 aliphatic carbocycles. The summed E-state index contributed by atoms with van der Waals surface area (Å²) in [7, 11) is 1.55. The Morgan fingerprint density at radius 1 is 1.17 bits per heavy atom. The van der Waals surface area contributed by atoms with Crippen molar-refractivity contribution in [3.05, 3.63) is 58.1 Å². The molecule has 0 aromatic heterocycles. The highest BCUT2D eigenvalue weighted by atomic mass is 79.9. The summed E-state index contributed by atoms with van der Waals surface area (Å²) in [5.74, 6) is 0.231. The molecule has 0 heterocycles. The van der Waals surface area contributed by atoms with Crippen molar-refractivity contribution in [1.82, 2.24) is 5.32 Å². The van der Waals surface area contributed by atoms with Crippen molar-refractivity contribution in [3.63, 3.8) is 0 Å². The fraction of sp³-hybridized carbons (Fsp3) is 0.222. The van der Waals surface area contributed by atoms with Gasteiger partial charge in [0, 0.05) is 28.7 Å². The second-order valence-electron chi connectivity index (χ2n) is 5.25. The standard InChI is InChI=1S/C18H19BrN2O3/c1-12-10-14(6-7-16(12)19)21-17(22)8-9-20-18(23)13-4-3-5-15(11-13)24-2/h3-7,10-11H,8-9H2,1-2H3,(H,20,23)(H,21,22). The molecule has 5 nitrogen and oxygen atoms in total. The topological polar surface area (TPSA) is 67.4 Å². The van der Waals surface area contributed by atoms with Crippen LogP contribution < -0.4 is 15.4 Å². The zero-order valence-corrected chi connectivity index (χ0v) is 15.1. The Bertz CT molecular complexity index is 747. The van der Waals surface area contributed by atoms with Crippen LogP contribution in [0.2, 0.25) is 0 Å². The highest BCUT2D eigenvalue weighted by molar-refractivity contribution is 9.10. The molecule has 0 saturated heterocycles. The quantitative estimate of drug-likeness (QED) is 0.792. The number of carbonyl (C=O) groups excluding carboxylic acids is 2. The van der Waals surface area contributed by atoms with Crippen LogP contribution in [0, 0.1) is 6.92 Å². The summed E-state index contributed by atoms with van der Waals surface area (Å²) in [6, 6.07) is 12.5. The number of hydrogen-bond acceptors (Lipinski definition) is 3. The maximum absolute atomic E-state index is 12.0. The van der Waals surface area contributed by atoms with E-state index in [1.165, 1.54) is 0 Å². The van der Waals surface area contributed by atoms with Crippen molar-refractivity contribution in [2.24, 2.45) is 0 Å². The molecule has 2 aromatic carbocycles. The van der Waals surface area contributed by atoms with E-state index in [4.69, 9.17) is 4.74 Å². The lowest BCUT2D eigenvalue weighted by Gasteiger charge is -2.08. The van der Waals surface area contributed by atoms with Gasteiger partial charge in [0.15, 0.2) is 0 Å². The Morgan fingerprint density at radius 3 is 2.67 bits per heavy atom. The number of anilines is 1. The van der Waals surface area contributed by atoms with Crippen LogP contribution in [0.3, 0.4) is 0 Å². The molecule has 126 valence electrons. The highest BCUT2D eigenvalue weighted by Crippen LogP contribution is 2.20. The summed E-state index contributed by atoms with van der Waals surface area (Å²) in [4.78, 5) is 24.0. The second kappa shape index (κ2) is 8.49. The van der Waals surface area contributed by atoms with Crippen molar-refractivity contribution in [2.45, 2.75) is 13.3 Å². The number of halogens is 1. The normalized spacial score (nSPS) is 10.1. The van der Waals surface area contributed by atoms with Crippen LogP contribution in [0.4, 0.5) is 5.69 Å². The molecule has 2 amide bonds. The number of methoxy groups -OCH3 is 1. The summed E-state index contributed by atoms with van der Waals surface area (Å²) >= 11 is 3.42. The molecular formula is C18H19BrN2O3. The Labute approximate surface area is 149 Å². The first-order valence-electron chi connectivity index (χ1n) is 7.48. The molecule has 2 aromatic rings. The van der Waals surface area contributed by atoms with E-state index >= 15 is 0 Å². The van der Waals surface area contributed by atoms with Crippen LogP contribution in [0.15, 0.2) is 46.9 Å². The number of amides is 2. The highest BCUT2D eigenvalue weighted by Gasteiger charge is 2.08. The van der Waals surface area contributed by atoms with E-state index in [-0.39, 0.29) is 24.8 Å². The maximum Gasteiger partial charge on any atom is 0.251 e. The first kappa shape index (κ1) is 18.0. The van der Waals surface area contributed by atoms with E-state index in [1.54, 1.807) is 31.4 Å². The van der Waals surface area contributed by atoms with Crippen molar-refractivity contribution in [3.8, 4) is 5.75 Å². The fourth-order valence-corrected chi connectivity index (χ4v) is 2.35. The zero-order chi connectivity index (χ0) is 17.5. The van der Waals surface area contributed by atoms with Crippen LogP contribution in [-0.2, 0) is 4.79 Å². The number of nitrogens with one attached hydrogen (secondary N) is 2. The minimum absolute atomic E-state index is 0.150. The van der Waals surface area contributed by atoms with Gasteiger partial charge in [0.1, 0.15) is 5.75 Å². The summed E-state index contributed by atoms with van der Waals surface area (Å²) < 4.78 is 6.08. The predicted molar refractivity (Wildman–Crippen MR) is 97.5 cm³/mol. The Morgan fingerprint density at radius 2 is 1.96 bits per heavy atom. The largest absolute Gasteiger partial charge is 0.497 e. The van der Waals surface area contributed by atoms with Crippen LogP contribution >= 0.6 is 15.9 Å². The van der Waals surface area contributed by atoms with Gasteiger partial charge in [-0.2, -0.15) is 0 Å². The van der Waals surface area contributed by atoms with Gasteiger partial charge in [-0.15, -0.1) is 0 Å². The van der Waals surface area contributed by atoms with Gasteiger partial charge in [0.2, 0.25) is 5.91 Å². The molecule has 0 unspecified atom stereocenters. The summed E-state index contributed by atoms with van der Waals surface area (Å²) in [5.41, 5.74) is 2.28. The summed E-state index contributed by atoms with van der Waals surface area (Å²) in [6.07, 6.45) is 0.199. The molecule has 0 radical (unpaired) electrons. The van der Waals surface area contributed by atoms with E-state index < -0.39 is 0 Å². The molecule has 0 bridgehead atoms. The third-order valence-electron chi connectivity index (χ3n) is 3.41. The molecule has 0 spiro atoms. The van der Waals surface area contributed by atoms with Crippen molar-refractivity contribution >= 4 is 33.4 Å². The van der Waals surface area contributed by atoms with Gasteiger partial charge in [0.05, 0.1) is 7.11 Å². The van der Waals surface area contributed by atoms with E-state index in [1.807, 2.05) is 25.1 Å². The van der Waals surface area contributed by atoms with Gasteiger partial charge < -0.3 is 15.4 Å². The van der Waals surface area contributed by atoms with E-state index in [0.29, 0.717) is 11.3 Å². The molecule has 0 aliphatic rings. The third-order valence-corrected chi connectivity index (χ3v) is 4.30. The number of hydrogen-bond donors (Lipinski definition) is 2. The van der Waals surface area contributed by atoms with Crippen molar-refractivity contribution < 1.29 is 14.3 Å². The summed E-state index contributed by atoms with van der Waals surface area (Å²) in [5, 5.41) is 5.54. The van der Waals surface area contributed by atoms with E-state index in [0.717, 1.165) is 15.7 Å². The molecule has 2 rings (SSSR count). The predicted octanol–water partition coefficient (Wildman–Crippen LogP) is 3.52. The third kappa shape index (κ3) is 5.09. The lowest BCUT2D eigenvalue weighted by atomic mass is 10.2. The average molecular weight is 391 g/mol. The van der Waals surface area contributed by atoms with Crippen LogP contribution in [-0.4, -0.2) is 25.5 Å². The lowest BCUT2D eigenvalue weighted by Crippen LogP contribution is -2.27. The molecule has 6 heteroatoms. The van der Waals surface area contributed by atoms with E-state index in [9.17, 15) is 9.59 Å². The van der Waals surface area contributed by atoms with Gasteiger partial charge in [-0.25, -0.2) is 0 Å². The van der Waals surface area contributed by atoms with Gasteiger partial charge >= 0.3 is 0 Å². The van der Waals surface area contributed by atoms with Gasteiger partial charge in [-0.3, -0.25) is 9.59 Å². The van der Waals surface area contributed by atoms with Crippen molar-refractivity contribution in [1.29, 1.82) is 0 Å². The second-order valence-corrected chi connectivity index (χ2v) is 6.10. The molecule has 0 aliphatic heterocycles. The number of carbonyl (C=O) groups is 2. The SMILES string of the molecule is COc1cccc(C(=O)NCCC(=O)Nc2ccc(Br)c(C)c2)c1. The number of ether oxygens (including phenoxy) is 1. The fourth-order valence-electron chi connectivity index (χ4n) is 2.10. The Balaban J connectivity index is 1.81. The number of rotatable bonds is 6. The summed E-state index contributed by atoms with van der Waals surface area (Å²) in [6.45, 7) is 2.21. The monoisotopic (exact) mass is 390 g/mol. The zero-order valence-electron chi connectivity index (χ0n) is 13.6. The van der Waals surface area contributed by atoms with Crippen molar-refractivity contribution in [2.75, 3.05) is 19.0 Å². The van der Waals surface area contributed by atoms with Gasteiger partial charge in [-0.1, -0.05) is 22.0 Å². The molecule has 0 fully saturated rings. The maximum atomic E-state index is 12.0. The number of benzene rings is 2. The van der Waals surface area contributed by atoms with Crippen LogP contribution in [0.5, 0.6) is 5.75 Å². The molecular weight excluding hydrogens is 372 g/mol. The smallest absolute Gasteiger partial charge is 0.251 e. The molecule has 0 saturated carbocycles. The molecule has 0 atom stereocenters. The van der Waals surface area contributed by atoms with Crippen LogP contribution in [0.1, 0.15) is 22.3 Å². The molecule has 24 heavy (non-hydrogen) atoms. The average Bonchev–Trinajstić information content (AvgIpc) is 2.58. The Kier molecular flexibility index (Phi) is 6.37.